The van der Waals surface area contributed by atoms with E-state index in [9.17, 15) is 13.6 Å². The summed E-state index contributed by atoms with van der Waals surface area (Å²) in [5.74, 6) is -0.652. The standard InChI is InChI=1S/C18H17F2NO3/c19-14-4-1-3-13(9-14)18(22)21-7-8-23-17(11-21)12-24-16-6-2-5-15(20)10-16/h1-6,9-10,17H,7-8,11-12H2. The van der Waals surface area contributed by atoms with Crippen LogP contribution in [-0.4, -0.2) is 43.2 Å². The van der Waals surface area contributed by atoms with Gasteiger partial charge >= 0.3 is 0 Å². The second kappa shape index (κ2) is 7.40. The summed E-state index contributed by atoms with van der Waals surface area (Å²) >= 11 is 0. The van der Waals surface area contributed by atoms with Gasteiger partial charge in [0.05, 0.1) is 13.2 Å². The van der Waals surface area contributed by atoms with Gasteiger partial charge in [-0.15, -0.1) is 0 Å². The number of halogens is 2. The number of carbonyl (C=O) groups is 1. The molecule has 0 radical (unpaired) electrons. The van der Waals surface area contributed by atoms with E-state index in [1.54, 1.807) is 23.1 Å². The van der Waals surface area contributed by atoms with Gasteiger partial charge in [-0.05, 0) is 30.3 Å². The zero-order chi connectivity index (χ0) is 16.9. The lowest BCUT2D eigenvalue weighted by Gasteiger charge is -2.33. The average molecular weight is 333 g/mol. The largest absolute Gasteiger partial charge is 0.491 e. The van der Waals surface area contributed by atoms with Gasteiger partial charge in [-0.3, -0.25) is 4.79 Å². The molecule has 0 N–H and O–H groups in total. The molecule has 4 nitrogen and oxygen atoms in total. The number of amides is 1. The number of nitrogens with zero attached hydrogens (tertiary/aromatic N) is 1. The molecule has 2 aromatic rings. The number of morpholine rings is 1. The first-order chi connectivity index (χ1) is 11.6. The Bertz CT molecular complexity index is 723. The van der Waals surface area contributed by atoms with E-state index in [-0.39, 0.29) is 24.4 Å². The molecule has 0 bridgehead atoms. The molecule has 6 heteroatoms. The molecular weight excluding hydrogens is 316 g/mol. The van der Waals surface area contributed by atoms with Gasteiger partial charge in [-0.1, -0.05) is 12.1 Å². The molecular formula is C18H17F2NO3. The van der Waals surface area contributed by atoms with Crippen LogP contribution in [0.25, 0.3) is 0 Å². The van der Waals surface area contributed by atoms with Gasteiger partial charge < -0.3 is 14.4 Å². The minimum absolute atomic E-state index is 0.205. The average Bonchev–Trinajstić information content (AvgIpc) is 2.60. The van der Waals surface area contributed by atoms with E-state index in [1.165, 1.54) is 30.3 Å². The van der Waals surface area contributed by atoms with Crippen LogP contribution in [0.1, 0.15) is 10.4 Å². The van der Waals surface area contributed by atoms with Gasteiger partial charge in [-0.25, -0.2) is 8.78 Å². The highest BCUT2D eigenvalue weighted by Crippen LogP contribution is 2.15. The van der Waals surface area contributed by atoms with Crippen molar-refractivity contribution in [1.82, 2.24) is 4.90 Å². The van der Waals surface area contributed by atoms with E-state index in [0.29, 0.717) is 31.0 Å². The third-order valence-corrected chi connectivity index (χ3v) is 3.73. The van der Waals surface area contributed by atoms with Crippen LogP contribution in [0.5, 0.6) is 5.75 Å². The van der Waals surface area contributed by atoms with Gasteiger partial charge in [0.1, 0.15) is 30.1 Å². The summed E-state index contributed by atoms with van der Waals surface area (Å²) < 4.78 is 37.5. The third-order valence-electron chi connectivity index (χ3n) is 3.73. The second-order valence-corrected chi connectivity index (χ2v) is 5.52. The Kier molecular flexibility index (Phi) is 5.05. The summed E-state index contributed by atoms with van der Waals surface area (Å²) in [4.78, 5) is 14.0. The van der Waals surface area contributed by atoms with E-state index >= 15 is 0 Å². The molecule has 1 heterocycles. The van der Waals surface area contributed by atoms with Crippen molar-refractivity contribution in [2.45, 2.75) is 6.10 Å². The lowest BCUT2D eigenvalue weighted by Crippen LogP contribution is -2.47. The topological polar surface area (TPSA) is 38.8 Å². The fraction of sp³-hybridized carbons (Fsp3) is 0.278. The summed E-state index contributed by atoms with van der Waals surface area (Å²) in [5, 5.41) is 0. The second-order valence-electron chi connectivity index (χ2n) is 5.52. The molecule has 1 saturated heterocycles. The maximum atomic E-state index is 13.3. The minimum Gasteiger partial charge on any atom is -0.491 e. The predicted octanol–water partition coefficient (Wildman–Crippen LogP) is 2.88. The highest BCUT2D eigenvalue weighted by Gasteiger charge is 2.25. The number of benzene rings is 2. The fourth-order valence-corrected chi connectivity index (χ4v) is 2.55. The Hall–Kier alpha value is -2.47. The van der Waals surface area contributed by atoms with Crippen molar-refractivity contribution in [3.63, 3.8) is 0 Å². The molecule has 24 heavy (non-hydrogen) atoms. The smallest absolute Gasteiger partial charge is 0.254 e. The molecule has 2 aromatic carbocycles. The van der Waals surface area contributed by atoms with Gasteiger partial charge in [0.15, 0.2) is 0 Å². The van der Waals surface area contributed by atoms with Crippen molar-refractivity contribution >= 4 is 5.91 Å². The van der Waals surface area contributed by atoms with Crippen molar-refractivity contribution in [3.8, 4) is 5.75 Å². The summed E-state index contributed by atoms with van der Waals surface area (Å²) in [5.41, 5.74) is 0.307. The SMILES string of the molecule is O=C(c1cccc(F)c1)N1CCOC(COc2cccc(F)c2)C1. The zero-order valence-electron chi connectivity index (χ0n) is 13.0. The maximum Gasteiger partial charge on any atom is 0.254 e. The van der Waals surface area contributed by atoms with Gasteiger partial charge in [-0.2, -0.15) is 0 Å². The first-order valence-electron chi connectivity index (χ1n) is 7.66. The molecule has 0 aromatic heterocycles. The molecule has 1 fully saturated rings. The molecule has 1 unspecified atom stereocenters. The molecule has 0 spiro atoms. The lowest BCUT2D eigenvalue weighted by molar-refractivity contribution is -0.0401. The molecule has 0 saturated carbocycles. The van der Waals surface area contributed by atoms with E-state index in [1.807, 2.05) is 0 Å². The highest BCUT2D eigenvalue weighted by molar-refractivity contribution is 5.94. The maximum absolute atomic E-state index is 13.3. The van der Waals surface area contributed by atoms with E-state index in [4.69, 9.17) is 9.47 Å². The predicted molar refractivity (Wildman–Crippen MR) is 83.9 cm³/mol. The van der Waals surface area contributed by atoms with Crippen molar-refractivity contribution in [3.05, 3.63) is 65.7 Å². The Morgan fingerprint density at radius 3 is 2.67 bits per heavy atom. The molecule has 3 rings (SSSR count). The summed E-state index contributed by atoms with van der Waals surface area (Å²) in [7, 11) is 0. The van der Waals surface area contributed by atoms with Crippen LogP contribution < -0.4 is 4.74 Å². The summed E-state index contributed by atoms with van der Waals surface area (Å²) in [6, 6.07) is 11.4. The van der Waals surface area contributed by atoms with Gasteiger partial charge in [0.25, 0.3) is 5.91 Å². The molecule has 1 atom stereocenters. The molecule has 1 amide bonds. The van der Waals surface area contributed by atoms with Crippen LogP contribution in [0.4, 0.5) is 8.78 Å². The van der Waals surface area contributed by atoms with Crippen molar-refractivity contribution in [1.29, 1.82) is 0 Å². The quantitative estimate of drug-likeness (QED) is 0.864. The molecule has 0 aliphatic carbocycles. The number of carbonyl (C=O) groups excluding carboxylic acids is 1. The third kappa shape index (κ3) is 4.08. The van der Waals surface area contributed by atoms with Gasteiger partial charge in [0.2, 0.25) is 0 Å². The Morgan fingerprint density at radius 2 is 1.92 bits per heavy atom. The first-order valence-corrected chi connectivity index (χ1v) is 7.66. The van der Waals surface area contributed by atoms with Crippen molar-refractivity contribution in [2.75, 3.05) is 26.3 Å². The van der Waals surface area contributed by atoms with Crippen LogP contribution in [0.15, 0.2) is 48.5 Å². The monoisotopic (exact) mass is 333 g/mol. The zero-order valence-corrected chi connectivity index (χ0v) is 13.0. The summed E-state index contributed by atoms with van der Waals surface area (Å²) in [6.45, 7) is 1.35. The Balaban J connectivity index is 1.59. The van der Waals surface area contributed by atoms with Gasteiger partial charge in [0, 0.05) is 18.2 Å². The highest BCUT2D eigenvalue weighted by atomic mass is 19.1. The number of rotatable bonds is 4. The molecule has 1 aliphatic rings. The van der Waals surface area contributed by atoms with Crippen molar-refractivity contribution in [2.24, 2.45) is 0 Å². The van der Waals surface area contributed by atoms with E-state index < -0.39 is 5.82 Å². The fourth-order valence-electron chi connectivity index (χ4n) is 2.55. The molecule has 1 aliphatic heterocycles. The number of ether oxygens (including phenoxy) is 2. The normalized spacial score (nSPS) is 17.6. The van der Waals surface area contributed by atoms with E-state index in [0.717, 1.165) is 0 Å². The number of hydrogen-bond donors (Lipinski definition) is 0. The van der Waals surface area contributed by atoms with Crippen LogP contribution in [0, 0.1) is 11.6 Å². The Morgan fingerprint density at radius 1 is 1.17 bits per heavy atom. The Labute approximate surface area is 138 Å². The van der Waals surface area contributed by atoms with E-state index in [2.05, 4.69) is 0 Å². The minimum atomic E-state index is -0.444. The van der Waals surface area contributed by atoms with Crippen LogP contribution in [0.2, 0.25) is 0 Å². The first kappa shape index (κ1) is 16.4. The van der Waals surface area contributed by atoms with Crippen LogP contribution >= 0.6 is 0 Å². The van der Waals surface area contributed by atoms with Crippen LogP contribution in [0.3, 0.4) is 0 Å². The molecule has 126 valence electrons. The lowest BCUT2D eigenvalue weighted by atomic mass is 10.1. The summed E-state index contributed by atoms with van der Waals surface area (Å²) in [6.07, 6.45) is -0.320. The number of hydrogen-bond acceptors (Lipinski definition) is 3. The van der Waals surface area contributed by atoms with Crippen molar-refractivity contribution < 1.29 is 23.0 Å². The van der Waals surface area contributed by atoms with Crippen LogP contribution in [-0.2, 0) is 4.74 Å².